The van der Waals surface area contributed by atoms with E-state index in [-0.39, 0.29) is 4.70 Å². The van der Waals surface area contributed by atoms with Gasteiger partial charge in [-0.05, 0) is 19.3 Å². The first-order chi connectivity index (χ1) is 9.86. The van der Waals surface area contributed by atoms with Crippen LogP contribution in [0.3, 0.4) is 0 Å². The summed E-state index contributed by atoms with van der Waals surface area (Å²) in [5, 5.41) is 0. The topological polar surface area (TPSA) is 4.44 Å². The van der Waals surface area contributed by atoms with E-state index in [0.717, 1.165) is 0 Å². The highest BCUT2D eigenvalue weighted by atomic mass is 19.0. The van der Waals surface area contributed by atoms with Crippen LogP contribution < -0.4 is 9.60 Å². The molecule has 0 aromatic heterocycles. The summed E-state index contributed by atoms with van der Waals surface area (Å²) in [6, 6.07) is 0. The van der Waals surface area contributed by atoms with Crippen molar-refractivity contribution in [2.24, 2.45) is 0 Å². The molecule has 1 aliphatic heterocycles. The summed E-state index contributed by atoms with van der Waals surface area (Å²) < 4.78 is 0. The van der Waals surface area contributed by atoms with Gasteiger partial charge in [0.15, 0.2) is 0 Å². The van der Waals surface area contributed by atoms with Crippen molar-refractivity contribution in [3.63, 3.8) is 0 Å². The molecule has 0 aliphatic carbocycles. The predicted molar refractivity (Wildman–Crippen MR) is 89.8 cm³/mol. The molecule has 1 unspecified atom stereocenters. The minimum absolute atomic E-state index is 0. The quantitative estimate of drug-likeness (QED) is 0.496. The van der Waals surface area contributed by atoms with Crippen LogP contribution in [0.25, 0.3) is 0 Å². The Morgan fingerprint density at radius 2 is 1.33 bits per heavy atom. The summed E-state index contributed by atoms with van der Waals surface area (Å²) in [5.74, 6) is 0. The van der Waals surface area contributed by atoms with Gasteiger partial charge in [-0.15, -0.1) is 0 Å². The Bertz CT molecular complexity index is 283. The lowest BCUT2D eigenvalue weighted by Crippen LogP contribution is -3.01. The van der Waals surface area contributed by atoms with Crippen LogP contribution in [-0.4, -0.2) is 6.54 Å². The van der Waals surface area contributed by atoms with Crippen LogP contribution in [0, 0.1) is 0 Å². The highest BCUT2D eigenvalue weighted by Crippen LogP contribution is 2.10. The first kappa shape index (κ1) is 20.4. The van der Waals surface area contributed by atoms with Gasteiger partial charge >= 0.3 is 0 Å². The zero-order chi connectivity index (χ0) is 14.5. The molecule has 1 atom stereocenters. The Balaban J connectivity index is 0.00000400. The number of unbranched alkanes of at least 4 members (excludes halogenated alkanes) is 9. The minimum atomic E-state index is 0. The fraction of sp³-hybridized carbons (Fsp3) is 0.789. The van der Waals surface area contributed by atoms with Crippen LogP contribution in [-0.2, 0) is 0 Å². The maximum absolute atomic E-state index is 2.41. The lowest BCUT2D eigenvalue weighted by molar-refractivity contribution is -0.788. The fourth-order valence-electron chi connectivity index (χ4n) is 2.96. The Kier molecular flexibility index (Phi) is 13.9. The molecule has 0 fully saturated rings. The van der Waals surface area contributed by atoms with Crippen molar-refractivity contribution in [1.29, 1.82) is 0 Å². The third-order valence-electron chi connectivity index (χ3n) is 4.24. The van der Waals surface area contributed by atoms with Crippen LogP contribution >= 0.6 is 0 Å². The van der Waals surface area contributed by atoms with E-state index in [2.05, 4.69) is 32.3 Å². The third kappa shape index (κ3) is 10.7. The molecule has 0 saturated carbocycles. The normalized spacial score (nSPS) is 16.9. The smallest absolute Gasteiger partial charge is 0.102 e. The molecule has 0 aromatic carbocycles. The van der Waals surface area contributed by atoms with Gasteiger partial charge in [-0.2, -0.15) is 0 Å². The predicted octanol–water partition coefficient (Wildman–Crippen LogP) is 2.01. The number of hydrogen-bond donors (Lipinski definition) is 1. The molecule has 1 aliphatic rings. The Morgan fingerprint density at radius 1 is 0.762 bits per heavy atom. The van der Waals surface area contributed by atoms with Crippen molar-refractivity contribution >= 4 is 0 Å². The van der Waals surface area contributed by atoms with E-state index in [1.807, 2.05) is 0 Å². The van der Waals surface area contributed by atoms with E-state index in [4.69, 9.17) is 0 Å². The van der Waals surface area contributed by atoms with Crippen molar-refractivity contribution in [3.05, 3.63) is 24.0 Å². The second-order valence-corrected chi connectivity index (χ2v) is 6.31. The van der Waals surface area contributed by atoms with Crippen molar-refractivity contribution in [1.82, 2.24) is 0 Å². The molecule has 1 rings (SSSR count). The van der Waals surface area contributed by atoms with Crippen LogP contribution in [0.1, 0.15) is 90.9 Å². The number of nitrogens with one attached hydrogen (secondary N) is 1. The molecule has 21 heavy (non-hydrogen) atoms. The summed E-state index contributed by atoms with van der Waals surface area (Å²) in [6.45, 7) is 5.84. The molecule has 124 valence electrons. The minimum Gasteiger partial charge on any atom is -1.00 e. The number of hydrogen-bond acceptors (Lipinski definition) is 0. The van der Waals surface area contributed by atoms with E-state index in [1.165, 1.54) is 89.2 Å². The largest absolute Gasteiger partial charge is 1.00 e. The number of quaternary nitrogens is 1. The summed E-state index contributed by atoms with van der Waals surface area (Å²) in [7, 11) is 0. The van der Waals surface area contributed by atoms with E-state index in [0.29, 0.717) is 0 Å². The molecule has 1 heterocycles. The molecule has 1 N–H and O–H groups in total. The van der Waals surface area contributed by atoms with Crippen LogP contribution in [0.15, 0.2) is 24.0 Å². The average molecular weight is 298 g/mol. The van der Waals surface area contributed by atoms with E-state index in [1.54, 1.807) is 4.90 Å². The van der Waals surface area contributed by atoms with Gasteiger partial charge in [0.1, 0.15) is 6.20 Å². The van der Waals surface area contributed by atoms with Gasteiger partial charge in [-0.1, -0.05) is 71.6 Å². The van der Waals surface area contributed by atoms with E-state index in [9.17, 15) is 0 Å². The van der Waals surface area contributed by atoms with Crippen LogP contribution in [0.4, 0.5) is 0 Å². The van der Waals surface area contributed by atoms with Gasteiger partial charge in [0.25, 0.3) is 0 Å². The third-order valence-corrected chi connectivity index (χ3v) is 4.24. The molecule has 0 aromatic rings. The summed E-state index contributed by atoms with van der Waals surface area (Å²) >= 11 is 0. The van der Waals surface area contributed by atoms with Crippen LogP contribution in [0.5, 0.6) is 0 Å². The average Bonchev–Trinajstić information content (AvgIpc) is 2.89. The first-order valence-electron chi connectivity index (χ1n) is 9.11. The van der Waals surface area contributed by atoms with Gasteiger partial charge < -0.3 is 4.70 Å². The second-order valence-electron chi connectivity index (χ2n) is 6.31. The van der Waals surface area contributed by atoms with Gasteiger partial charge in [0.05, 0.1) is 12.7 Å². The second kappa shape index (κ2) is 14.3. The molecule has 0 bridgehead atoms. The summed E-state index contributed by atoms with van der Waals surface area (Å²) in [5.41, 5.74) is 1.54. The van der Waals surface area contributed by atoms with Crippen molar-refractivity contribution in [3.8, 4) is 0 Å². The lowest BCUT2D eigenvalue weighted by Gasteiger charge is -2.06. The molecule has 0 radical (unpaired) electrons. The Labute approximate surface area is 131 Å². The molecule has 0 spiro atoms. The monoisotopic (exact) mass is 297 g/mol. The Morgan fingerprint density at radius 3 is 1.90 bits per heavy atom. The molecule has 0 saturated heterocycles. The van der Waals surface area contributed by atoms with E-state index < -0.39 is 0 Å². The first-order valence-corrected chi connectivity index (χ1v) is 9.11. The zero-order valence-electron chi connectivity index (χ0n) is 14.3. The molecular formula is C19H36FN. The zero-order valence-corrected chi connectivity index (χ0v) is 14.3. The van der Waals surface area contributed by atoms with Gasteiger partial charge in [0.2, 0.25) is 0 Å². The van der Waals surface area contributed by atoms with Gasteiger partial charge in [0, 0.05) is 11.6 Å². The molecule has 1 nitrogen and oxygen atoms in total. The maximum atomic E-state index is 2.41. The van der Waals surface area contributed by atoms with Crippen molar-refractivity contribution < 1.29 is 9.60 Å². The number of allylic oxidation sites excluding steroid dienone is 2. The molecular weight excluding hydrogens is 261 g/mol. The van der Waals surface area contributed by atoms with Gasteiger partial charge in [-0.3, -0.25) is 4.90 Å². The van der Waals surface area contributed by atoms with Crippen LogP contribution in [0.2, 0.25) is 0 Å². The maximum Gasteiger partial charge on any atom is 0.102 e. The Hall–Kier alpha value is -0.630. The summed E-state index contributed by atoms with van der Waals surface area (Å²) in [6.07, 6.45) is 23.9. The van der Waals surface area contributed by atoms with Crippen molar-refractivity contribution in [2.45, 2.75) is 90.9 Å². The van der Waals surface area contributed by atoms with E-state index >= 15 is 0 Å². The van der Waals surface area contributed by atoms with Crippen molar-refractivity contribution in [2.75, 3.05) is 6.54 Å². The SMILES string of the molecule is CCCCCCCCCCCC[NH+]1C=CC(CCC)=C1.[F-]. The van der Waals surface area contributed by atoms with Gasteiger partial charge in [-0.25, -0.2) is 0 Å². The lowest BCUT2D eigenvalue weighted by atomic mass is 10.1. The number of rotatable bonds is 13. The fourth-order valence-corrected chi connectivity index (χ4v) is 2.96. The number of halogens is 1. The highest BCUT2D eigenvalue weighted by molar-refractivity contribution is 5.17. The highest BCUT2D eigenvalue weighted by Gasteiger charge is 2.09. The molecule has 2 heteroatoms. The molecule has 0 amide bonds. The standard InChI is InChI=1S/C19H35N.FH/c1-3-5-6-7-8-9-10-11-12-13-16-20-17-15-19(18-20)14-4-2;/h15,17-18H,3-14,16H2,1-2H3;1H. The summed E-state index contributed by atoms with van der Waals surface area (Å²) in [4.78, 5) is 1.56.